The van der Waals surface area contributed by atoms with E-state index >= 15 is 0 Å². The van der Waals surface area contributed by atoms with Crippen LogP contribution in [0.25, 0.3) is 99.2 Å². The maximum atomic E-state index is 2.56. The average molecular weight is 907 g/mol. The van der Waals surface area contributed by atoms with E-state index in [4.69, 9.17) is 0 Å². The van der Waals surface area contributed by atoms with Crippen LogP contribution in [0.2, 0.25) is 0 Å². The molecule has 0 amide bonds. The molecule has 2 aliphatic rings. The molecule has 10 aromatic carbocycles. The number of rotatable bonds is 6. The van der Waals surface area contributed by atoms with E-state index in [0.29, 0.717) is 0 Å². The number of benzene rings is 10. The summed E-state index contributed by atoms with van der Waals surface area (Å²) in [6, 6.07) is 87.1. The van der Waals surface area contributed by atoms with E-state index < -0.39 is 0 Å². The first-order valence-electron chi connectivity index (χ1n) is 24.7. The van der Waals surface area contributed by atoms with E-state index in [-0.39, 0.29) is 11.5 Å². The van der Waals surface area contributed by atoms with E-state index in [1.165, 1.54) is 105 Å². The van der Waals surface area contributed by atoms with Crippen LogP contribution >= 0.6 is 0 Å². The molecule has 0 spiro atoms. The Labute approximate surface area is 411 Å². The summed E-state index contributed by atoms with van der Waals surface area (Å²) in [6.45, 7) is 2.42. The minimum absolute atomic E-state index is 0.0819. The second-order valence-electron chi connectivity index (χ2n) is 19.5. The number of para-hydroxylation sites is 6. The lowest BCUT2D eigenvalue weighted by Crippen LogP contribution is -2.39. The molecule has 15 rings (SSSR count). The van der Waals surface area contributed by atoms with Gasteiger partial charge in [0, 0.05) is 66.2 Å². The SMILES string of the molecule is CC12C=C(c3cccc(-n4c5ccccc5c5ccccc54)c3)C=CC1N(c1cccc(-n3c4ccccc4c4cc(-c5cccc(-n6c7ccccc7c7ccccc76)c5)ccc43)c1)c1ccccc12. The van der Waals surface area contributed by atoms with Crippen LogP contribution < -0.4 is 4.90 Å². The van der Waals surface area contributed by atoms with Gasteiger partial charge in [-0.05, 0) is 126 Å². The molecular weight excluding hydrogens is 861 g/mol. The number of hydrogen-bond donors (Lipinski definition) is 0. The summed E-state index contributed by atoms with van der Waals surface area (Å²) >= 11 is 0. The largest absolute Gasteiger partial charge is 0.333 e. The van der Waals surface area contributed by atoms with E-state index in [1.807, 2.05) is 0 Å². The quantitative estimate of drug-likeness (QED) is 0.163. The third-order valence-electron chi connectivity index (χ3n) is 15.6. The molecule has 4 heteroatoms. The molecule has 2 unspecified atom stereocenters. The van der Waals surface area contributed by atoms with Crippen molar-refractivity contribution in [1.82, 2.24) is 13.7 Å². The molecule has 1 aliphatic carbocycles. The number of hydrogen-bond acceptors (Lipinski definition) is 1. The van der Waals surface area contributed by atoms with Crippen LogP contribution in [-0.4, -0.2) is 19.7 Å². The van der Waals surface area contributed by atoms with Crippen LogP contribution in [0.3, 0.4) is 0 Å². The van der Waals surface area contributed by atoms with Gasteiger partial charge in [0.05, 0.1) is 39.1 Å². The number of aromatic nitrogens is 3. The van der Waals surface area contributed by atoms with Crippen molar-refractivity contribution in [3.8, 4) is 28.2 Å². The van der Waals surface area contributed by atoms with Gasteiger partial charge in [-0.1, -0.05) is 164 Å². The Morgan fingerprint density at radius 2 is 0.761 bits per heavy atom. The van der Waals surface area contributed by atoms with E-state index in [2.05, 4.69) is 280 Å². The molecular formula is C67H46N4. The fourth-order valence-electron chi connectivity index (χ4n) is 12.5. The average Bonchev–Trinajstić information content (AvgIpc) is 4.14. The molecule has 0 bridgehead atoms. The van der Waals surface area contributed by atoms with Crippen molar-refractivity contribution < 1.29 is 0 Å². The molecule has 1 aliphatic heterocycles. The molecule has 334 valence electrons. The highest BCUT2D eigenvalue weighted by Gasteiger charge is 2.47. The van der Waals surface area contributed by atoms with Gasteiger partial charge >= 0.3 is 0 Å². The molecule has 4 heterocycles. The smallest absolute Gasteiger partial charge is 0.0655 e. The topological polar surface area (TPSA) is 18.0 Å². The van der Waals surface area contributed by atoms with Crippen LogP contribution in [0.1, 0.15) is 18.1 Å². The first kappa shape index (κ1) is 39.8. The Morgan fingerprint density at radius 3 is 1.34 bits per heavy atom. The summed E-state index contributed by atoms with van der Waals surface area (Å²) in [5.74, 6) is 0. The third kappa shape index (κ3) is 5.85. The number of allylic oxidation sites excluding steroid dienone is 2. The van der Waals surface area contributed by atoms with Crippen molar-refractivity contribution in [3.05, 3.63) is 266 Å². The van der Waals surface area contributed by atoms with Gasteiger partial charge in [-0.25, -0.2) is 0 Å². The molecule has 4 nitrogen and oxygen atoms in total. The lowest BCUT2D eigenvalue weighted by atomic mass is 9.73. The zero-order chi connectivity index (χ0) is 46.8. The lowest BCUT2D eigenvalue weighted by molar-refractivity contribution is 0.553. The Bertz CT molecular complexity index is 4290. The van der Waals surface area contributed by atoms with Crippen molar-refractivity contribution in [1.29, 1.82) is 0 Å². The van der Waals surface area contributed by atoms with Gasteiger partial charge in [-0.3, -0.25) is 0 Å². The number of nitrogens with zero attached hydrogens (tertiary/aromatic N) is 4. The molecule has 3 aromatic heterocycles. The standard InChI is InChI=1S/C67H46N4/c1-67-43-47(45-18-15-20-49(40-45)69-61-31-10-4-25-54(61)55-26-5-11-32-62(55)69)36-38-66(67)71(65-34-13-7-28-58(65)67)51-22-16-21-50(42-51)70-63-33-12-6-27-56(63)57-41-46(35-37-64(57)70)44-17-14-19-48(39-44)68-59-29-8-2-23-52(59)53-24-3-9-30-60(53)68/h2-43,66H,1H3. The van der Waals surface area contributed by atoms with Crippen molar-refractivity contribution >= 4 is 82.4 Å². The zero-order valence-electron chi connectivity index (χ0n) is 39.1. The molecule has 0 saturated carbocycles. The summed E-state index contributed by atoms with van der Waals surface area (Å²) in [5.41, 5.74) is 19.0. The van der Waals surface area contributed by atoms with Gasteiger partial charge in [0.2, 0.25) is 0 Å². The summed E-state index contributed by atoms with van der Waals surface area (Å²) in [6.07, 6.45) is 7.31. The minimum atomic E-state index is -0.276. The molecule has 0 N–H and O–H groups in total. The van der Waals surface area contributed by atoms with Crippen LogP contribution in [0.5, 0.6) is 0 Å². The van der Waals surface area contributed by atoms with E-state index in [0.717, 1.165) is 17.1 Å². The van der Waals surface area contributed by atoms with Gasteiger partial charge in [0.1, 0.15) is 0 Å². The van der Waals surface area contributed by atoms with Crippen molar-refractivity contribution in [3.63, 3.8) is 0 Å². The summed E-state index contributed by atoms with van der Waals surface area (Å²) in [7, 11) is 0. The monoisotopic (exact) mass is 906 g/mol. The molecule has 13 aromatic rings. The van der Waals surface area contributed by atoms with Crippen molar-refractivity contribution in [2.24, 2.45) is 0 Å². The third-order valence-corrected chi connectivity index (χ3v) is 15.6. The predicted octanol–water partition coefficient (Wildman–Crippen LogP) is 17.1. The zero-order valence-corrected chi connectivity index (χ0v) is 39.1. The highest BCUT2D eigenvalue weighted by Crippen LogP contribution is 2.53. The Balaban J connectivity index is 0.804. The van der Waals surface area contributed by atoms with Crippen LogP contribution in [0.4, 0.5) is 11.4 Å². The van der Waals surface area contributed by atoms with E-state index in [9.17, 15) is 0 Å². The van der Waals surface area contributed by atoms with Crippen LogP contribution in [-0.2, 0) is 5.41 Å². The number of fused-ring (bicyclic) bond motifs is 12. The second kappa shape index (κ2) is 15.2. The Morgan fingerprint density at radius 1 is 0.338 bits per heavy atom. The molecule has 0 fully saturated rings. The first-order chi connectivity index (χ1) is 35.1. The maximum absolute atomic E-state index is 2.56. The van der Waals surface area contributed by atoms with Gasteiger partial charge in [0.15, 0.2) is 0 Å². The Kier molecular flexibility index (Phi) is 8.52. The predicted molar refractivity (Wildman–Crippen MR) is 298 cm³/mol. The van der Waals surface area contributed by atoms with Gasteiger partial charge in [-0.2, -0.15) is 0 Å². The molecule has 2 atom stereocenters. The van der Waals surface area contributed by atoms with Crippen LogP contribution in [0.15, 0.2) is 255 Å². The second-order valence-corrected chi connectivity index (χ2v) is 19.5. The van der Waals surface area contributed by atoms with Crippen LogP contribution in [0, 0.1) is 0 Å². The van der Waals surface area contributed by atoms with Gasteiger partial charge in [-0.15, -0.1) is 0 Å². The minimum Gasteiger partial charge on any atom is -0.333 e. The summed E-state index contributed by atoms with van der Waals surface area (Å²) < 4.78 is 7.26. The first-order valence-corrected chi connectivity index (χ1v) is 24.7. The van der Waals surface area contributed by atoms with Crippen molar-refractivity contribution in [2.75, 3.05) is 4.90 Å². The lowest BCUT2D eigenvalue weighted by Gasteiger charge is -2.36. The van der Waals surface area contributed by atoms with Gasteiger partial charge < -0.3 is 18.6 Å². The van der Waals surface area contributed by atoms with E-state index in [1.54, 1.807) is 0 Å². The summed E-state index contributed by atoms with van der Waals surface area (Å²) in [4.78, 5) is 2.56. The van der Waals surface area contributed by atoms with Crippen molar-refractivity contribution in [2.45, 2.75) is 18.4 Å². The maximum Gasteiger partial charge on any atom is 0.0655 e. The summed E-state index contributed by atoms with van der Waals surface area (Å²) in [5, 5.41) is 7.55. The molecule has 0 radical (unpaired) electrons. The molecule has 71 heavy (non-hydrogen) atoms. The highest BCUT2D eigenvalue weighted by molar-refractivity contribution is 6.12. The highest BCUT2D eigenvalue weighted by atomic mass is 15.2. The Hall–Kier alpha value is -9.12. The fourth-order valence-corrected chi connectivity index (χ4v) is 12.5. The normalized spacial score (nSPS) is 16.4. The fraction of sp³-hybridized carbons (Fsp3) is 0.0448. The number of anilines is 2. The molecule has 0 saturated heterocycles. The van der Waals surface area contributed by atoms with Gasteiger partial charge in [0.25, 0.3) is 0 Å².